The fourth-order valence-electron chi connectivity index (χ4n) is 3.09. The van der Waals surface area contributed by atoms with Gasteiger partial charge in [0.15, 0.2) is 0 Å². The summed E-state index contributed by atoms with van der Waals surface area (Å²) in [5.41, 5.74) is 5.42. The highest BCUT2D eigenvalue weighted by Gasteiger charge is 2.11. The second-order valence-corrected chi connectivity index (χ2v) is 7.26. The molecule has 0 atom stereocenters. The van der Waals surface area contributed by atoms with Crippen LogP contribution >= 0.6 is 11.3 Å². The third kappa shape index (κ3) is 2.51. The van der Waals surface area contributed by atoms with Gasteiger partial charge < -0.3 is 4.40 Å². The van der Waals surface area contributed by atoms with Crippen LogP contribution in [0.15, 0.2) is 55.1 Å². The van der Waals surface area contributed by atoms with Crippen LogP contribution in [0.4, 0.5) is 0 Å². The van der Waals surface area contributed by atoms with E-state index in [2.05, 4.69) is 57.1 Å². The van der Waals surface area contributed by atoms with Gasteiger partial charge in [-0.1, -0.05) is 18.2 Å². The molecular formula is C19H15N5S. The molecule has 0 spiro atoms. The van der Waals surface area contributed by atoms with Gasteiger partial charge in [0.25, 0.3) is 0 Å². The van der Waals surface area contributed by atoms with Crippen LogP contribution in [-0.2, 0) is 6.42 Å². The highest BCUT2D eigenvalue weighted by Crippen LogP contribution is 2.31. The quantitative estimate of drug-likeness (QED) is 0.532. The molecule has 4 aromatic heterocycles. The number of H-pyrrole nitrogens is 1. The van der Waals surface area contributed by atoms with Crippen LogP contribution in [0.1, 0.15) is 16.1 Å². The summed E-state index contributed by atoms with van der Waals surface area (Å²) in [4.78, 5) is 10.5. The zero-order chi connectivity index (χ0) is 16.8. The molecular weight excluding hydrogens is 330 g/mol. The molecule has 25 heavy (non-hydrogen) atoms. The molecule has 122 valence electrons. The number of aryl methyl sites for hydroxylation is 1. The Hall–Kier alpha value is -2.99. The molecule has 0 aliphatic carbocycles. The first kappa shape index (κ1) is 14.4. The van der Waals surface area contributed by atoms with E-state index in [0.717, 1.165) is 39.2 Å². The Morgan fingerprint density at radius 2 is 2.08 bits per heavy atom. The number of aromatic amines is 1. The van der Waals surface area contributed by atoms with Gasteiger partial charge in [-0.2, -0.15) is 5.10 Å². The monoisotopic (exact) mass is 345 g/mol. The van der Waals surface area contributed by atoms with Crippen molar-refractivity contribution >= 4 is 27.9 Å². The van der Waals surface area contributed by atoms with Crippen molar-refractivity contribution in [1.29, 1.82) is 0 Å². The van der Waals surface area contributed by atoms with E-state index < -0.39 is 0 Å². The summed E-state index contributed by atoms with van der Waals surface area (Å²) < 4.78 is 2.08. The summed E-state index contributed by atoms with van der Waals surface area (Å²) in [7, 11) is 0. The largest absolute Gasteiger partial charge is 0.307 e. The van der Waals surface area contributed by atoms with Crippen molar-refractivity contribution in [3.63, 3.8) is 0 Å². The third-order valence-electron chi connectivity index (χ3n) is 4.27. The van der Waals surface area contributed by atoms with E-state index in [1.807, 2.05) is 24.5 Å². The van der Waals surface area contributed by atoms with Crippen LogP contribution in [0.25, 0.3) is 27.1 Å². The Balaban J connectivity index is 1.48. The number of aromatic nitrogens is 5. The summed E-state index contributed by atoms with van der Waals surface area (Å²) >= 11 is 1.71. The van der Waals surface area contributed by atoms with Crippen LogP contribution in [0.5, 0.6) is 0 Å². The molecule has 5 aromatic rings. The second kappa shape index (κ2) is 5.53. The van der Waals surface area contributed by atoms with Gasteiger partial charge >= 0.3 is 0 Å². The number of nitrogens with one attached hydrogen (secondary N) is 1. The predicted octanol–water partition coefficient (Wildman–Crippen LogP) is 4.23. The highest BCUT2D eigenvalue weighted by atomic mass is 32.1. The number of thiazole rings is 1. The zero-order valence-electron chi connectivity index (χ0n) is 13.6. The van der Waals surface area contributed by atoms with Crippen molar-refractivity contribution in [2.45, 2.75) is 13.3 Å². The molecule has 5 nitrogen and oxygen atoms in total. The molecule has 0 amide bonds. The Bertz CT molecular complexity index is 1200. The molecule has 0 aliphatic heterocycles. The lowest BCUT2D eigenvalue weighted by atomic mass is 10.1. The first-order valence-corrected chi connectivity index (χ1v) is 8.89. The maximum absolute atomic E-state index is 4.70. The minimum atomic E-state index is 0.791. The predicted molar refractivity (Wildman–Crippen MR) is 99.9 cm³/mol. The third-order valence-corrected chi connectivity index (χ3v) is 5.30. The molecule has 0 radical (unpaired) electrons. The van der Waals surface area contributed by atoms with E-state index in [9.17, 15) is 0 Å². The van der Waals surface area contributed by atoms with Gasteiger partial charge in [-0.05, 0) is 24.6 Å². The molecule has 0 fully saturated rings. The Morgan fingerprint density at radius 1 is 1.12 bits per heavy atom. The van der Waals surface area contributed by atoms with Gasteiger partial charge in [-0.15, -0.1) is 11.3 Å². The first-order chi connectivity index (χ1) is 12.3. The number of imidazole rings is 1. The second-order valence-electron chi connectivity index (χ2n) is 6.15. The number of benzene rings is 1. The first-order valence-electron chi connectivity index (χ1n) is 8.08. The molecule has 1 aromatic carbocycles. The van der Waals surface area contributed by atoms with Gasteiger partial charge in [0.05, 0.1) is 17.4 Å². The normalized spacial score (nSPS) is 11.6. The summed E-state index contributed by atoms with van der Waals surface area (Å²) in [6, 6.07) is 10.3. The molecule has 0 saturated carbocycles. The summed E-state index contributed by atoms with van der Waals surface area (Å²) in [5.74, 6) is 0. The molecule has 0 saturated heterocycles. The van der Waals surface area contributed by atoms with Gasteiger partial charge in [0.1, 0.15) is 10.7 Å². The standard InChI is InChI=1S/C19H15N5S/c1-12-5-6-18-22-13(11-24(18)10-12)7-14-8-20-19(25-14)15-3-2-4-17-16(15)9-21-23-17/h2-6,8-11H,7H2,1H3,(H,21,23). The fraction of sp³-hybridized carbons (Fsp3) is 0.105. The van der Waals surface area contributed by atoms with Crippen LogP contribution in [0.3, 0.4) is 0 Å². The van der Waals surface area contributed by atoms with Gasteiger partial charge in [-0.25, -0.2) is 9.97 Å². The van der Waals surface area contributed by atoms with Crippen molar-refractivity contribution in [3.05, 3.63) is 71.3 Å². The highest BCUT2D eigenvalue weighted by molar-refractivity contribution is 7.15. The molecule has 6 heteroatoms. The summed E-state index contributed by atoms with van der Waals surface area (Å²) in [6.07, 6.45) is 8.80. The topological polar surface area (TPSA) is 58.9 Å². The maximum Gasteiger partial charge on any atom is 0.137 e. The van der Waals surface area contributed by atoms with Gasteiger partial charge in [-0.3, -0.25) is 5.10 Å². The minimum absolute atomic E-state index is 0.791. The average Bonchev–Trinajstić information content (AvgIpc) is 3.32. The summed E-state index contributed by atoms with van der Waals surface area (Å²) in [5, 5.41) is 9.26. The number of nitrogens with zero attached hydrogens (tertiary/aromatic N) is 4. The smallest absolute Gasteiger partial charge is 0.137 e. The number of hydrogen-bond acceptors (Lipinski definition) is 4. The van der Waals surface area contributed by atoms with Crippen molar-refractivity contribution in [3.8, 4) is 10.6 Å². The molecule has 4 heterocycles. The van der Waals surface area contributed by atoms with E-state index in [1.54, 1.807) is 11.3 Å². The lowest BCUT2D eigenvalue weighted by Gasteiger charge is -1.97. The van der Waals surface area contributed by atoms with Crippen molar-refractivity contribution in [2.24, 2.45) is 0 Å². The van der Waals surface area contributed by atoms with Gasteiger partial charge in [0.2, 0.25) is 0 Å². The van der Waals surface area contributed by atoms with Crippen molar-refractivity contribution < 1.29 is 0 Å². The molecule has 0 aliphatic rings. The Labute approximate surface area is 148 Å². The van der Waals surface area contributed by atoms with E-state index >= 15 is 0 Å². The molecule has 0 unspecified atom stereocenters. The van der Waals surface area contributed by atoms with Gasteiger partial charge in [0, 0.05) is 40.8 Å². The van der Waals surface area contributed by atoms with Crippen LogP contribution in [0.2, 0.25) is 0 Å². The number of hydrogen-bond donors (Lipinski definition) is 1. The van der Waals surface area contributed by atoms with E-state index in [-0.39, 0.29) is 0 Å². The lowest BCUT2D eigenvalue weighted by Crippen LogP contribution is -1.83. The minimum Gasteiger partial charge on any atom is -0.307 e. The van der Waals surface area contributed by atoms with Crippen LogP contribution in [0, 0.1) is 6.92 Å². The van der Waals surface area contributed by atoms with E-state index in [4.69, 9.17) is 4.98 Å². The Kier molecular flexibility index (Phi) is 3.18. The summed E-state index contributed by atoms with van der Waals surface area (Å²) in [6.45, 7) is 2.09. The maximum atomic E-state index is 4.70. The van der Waals surface area contributed by atoms with Crippen molar-refractivity contribution in [1.82, 2.24) is 24.6 Å². The van der Waals surface area contributed by atoms with Crippen LogP contribution in [-0.4, -0.2) is 24.6 Å². The number of pyridine rings is 1. The molecule has 1 N–H and O–H groups in total. The number of rotatable bonds is 3. The fourth-order valence-corrected chi connectivity index (χ4v) is 4.05. The average molecular weight is 345 g/mol. The van der Waals surface area contributed by atoms with Crippen molar-refractivity contribution in [2.75, 3.05) is 0 Å². The Morgan fingerprint density at radius 3 is 3.04 bits per heavy atom. The van der Waals surface area contributed by atoms with E-state index in [1.165, 1.54) is 10.4 Å². The van der Waals surface area contributed by atoms with E-state index in [0.29, 0.717) is 0 Å². The molecule has 5 rings (SSSR count). The lowest BCUT2D eigenvalue weighted by molar-refractivity contribution is 1.12. The number of fused-ring (bicyclic) bond motifs is 2. The SMILES string of the molecule is Cc1ccc2nc(Cc3cnc(-c4cccc5[nH]ncc45)s3)cn2c1. The molecule has 0 bridgehead atoms. The van der Waals surface area contributed by atoms with Crippen LogP contribution < -0.4 is 0 Å². The zero-order valence-corrected chi connectivity index (χ0v) is 14.4.